The Morgan fingerprint density at radius 2 is 1.33 bits per heavy atom. The highest BCUT2D eigenvalue weighted by atomic mass is 19.4. The van der Waals surface area contributed by atoms with Crippen LogP contribution >= 0.6 is 0 Å². The Morgan fingerprint density at radius 3 is 1.80 bits per heavy atom. The molecule has 30 heavy (non-hydrogen) atoms. The van der Waals surface area contributed by atoms with E-state index in [4.69, 9.17) is 13.9 Å². The fourth-order valence-electron chi connectivity index (χ4n) is 2.60. The fraction of sp³-hybridized carbons (Fsp3) is 0.263. The quantitative estimate of drug-likeness (QED) is 0.281. The lowest BCUT2D eigenvalue weighted by atomic mass is 10.0. The first-order chi connectivity index (χ1) is 13.7. The summed E-state index contributed by atoms with van der Waals surface area (Å²) in [6.07, 6.45) is -9.12. The standard InChI is InChI=1S/C19H12F6O5/c1-17(2)29-15(26)13(16(27)30-17)8-12-3-4-14(28-12)9-5-10(18(20,21)22)7-11(6-9)19(23,24)25/h3-8H,1-2H3. The molecule has 0 amide bonds. The molecule has 0 unspecified atom stereocenters. The second-order valence-electron chi connectivity index (χ2n) is 6.73. The number of hydrogen-bond acceptors (Lipinski definition) is 5. The van der Waals surface area contributed by atoms with E-state index in [2.05, 4.69) is 0 Å². The number of esters is 2. The van der Waals surface area contributed by atoms with E-state index in [1.54, 1.807) is 0 Å². The number of carbonyl (C=O) groups is 2. The highest BCUT2D eigenvalue weighted by Gasteiger charge is 2.39. The van der Waals surface area contributed by atoms with Gasteiger partial charge in [-0.15, -0.1) is 0 Å². The van der Waals surface area contributed by atoms with Crippen LogP contribution in [0.2, 0.25) is 0 Å². The molecule has 1 aliphatic heterocycles. The van der Waals surface area contributed by atoms with Gasteiger partial charge in [0.05, 0.1) is 11.1 Å². The third-order valence-electron chi connectivity index (χ3n) is 3.90. The van der Waals surface area contributed by atoms with E-state index in [0.29, 0.717) is 12.1 Å². The maximum atomic E-state index is 13.0. The van der Waals surface area contributed by atoms with Crippen molar-refractivity contribution in [3.8, 4) is 11.3 Å². The van der Waals surface area contributed by atoms with Crippen LogP contribution in [0.4, 0.5) is 26.3 Å². The van der Waals surface area contributed by atoms with Crippen molar-refractivity contribution in [1.29, 1.82) is 0 Å². The Balaban J connectivity index is 2.00. The lowest BCUT2D eigenvalue weighted by Crippen LogP contribution is -2.41. The van der Waals surface area contributed by atoms with Crippen LogP contribution in [-0.2, 0) is 31.4 Å². The highest BCUT2D eigenvalue weighted by Crippen LogP contribution is 2.39. The zero-order chi connectivity index (χ0) is 22.5. The molecule has 1 aromatic carbocycles. The minimum atomic E-state index is -5.02. The van der Waals surface area contributed by atoms with Gasteiger partial charge < -0.3 is 13.9 Å². The van der Waals surface area contributed by atoms with Crippen LogP contribution in [0.5, 0.6) is 0 Å². The van der Waals surface area contributed by atoms with E-state index in [9.17, 15) is 35.9 Å². The highest BCUT2D eigenvalue weighted by molar-refractivity contribution is 6.18. The van der Waals surface area contributed by atoms with Crippen molar-refractivity contribution in [2.24, 2.45) is 0 Å². The maximum absolute atomic E-state index is 13.0. The van der Waals surface area contributed by atoms with E-state index in [1.165, 1.54) is 13.8 Å². The zero-order valence-electron chi connectivity index (χ0n) is 15.3. The van der Waals surface area contributed by atoms with Gasteiger partial charge in [0.2, 0.25) is 0 Å². The monoisotopic (exact) mass is 434 g/mol. The molecule has 1 saturated heterocycles. The Bertz CT molecular complexity index is 988. The number of benzene rings is 1. The van der Waals surface area contributed by atoms with Gasteiger partial charge in [-0.3, -0.25) is 0 Å². The lowest BCUT2D eigenvalue weighted by molar-refractivity contribution is -0.222. The molecular formula is C19H12F6O5. The summed E-state index contributed by atoms with van der Waals surface area (Å²) in [6.45, 7) is 2.66. The topological polar surface area (TPSA) is 65.7 Å². The van der Waals surface area contributed by atoms with Crippen molar-refractivity contribution < 1.29 is 49.8 Å². The molecule has 160 valence electrons. The number of ether oxygens (including phenoxy) is 2. The molecule has 0 bridgehead atoms. The summed E-state index contributed by atoms with van der Waals surface area (Å²) >= 11 is 0. The van der Waals surface area contributed by atoms with Crippen LogP contribution in [0.1, 0.15) is 30.7 Å². The normalized spacial score (nSPS) is 16.9. The van der Waals surface area contributed by atoms with Crippen LogP contribution in [0.3, 0.4) is 0 Å². The predicted molar refractivity (Wildman–Crippen MR) is 88.4 cm³/mol. The van der Waals surface area contributed by atoms with Crippen molar-refractivity contribution in [2.75, 3.05) is 0 Å². The third kappa shape index (κ3) is 4.50. The number of furan rings is 1. The second-order valence-corrected chi connectivity index (χ2v) is 6.73. The van der Waals surface area contributed by atoms with Gasteiger partial charge in [0.25, 0.3) is 5.79 Å². The zero-order valence-corrected chi connectivity index (χ0v) is 15.3. The summed E-state index contributed by atoms with van der Waals surface area (Å²) < 4.78 is 93.0. The van der Waals surface area contributed by atoms with Crippen LogP contribution in [-0.4, -0.2) is 17.7 Å². The molecular weight excluding hydrogens is 422 g/mol. The van der Waals surface area contributed by atoms with Gasteiger partial charge in [0.15, 0.2) is 0 Å². The van der Waals surface area contributed by atoms with Crippen molar-refractivity contribution in [2.45, 2.75) is 32.0 Å². The predicted octanol–water partition coefficient (Wildman–Crippen LogP) is 5.20. The number of alkyl halides is 6. The van der Waals surface area contributed by atoms with E-state index in [-0.39, 0.29) is 17.6 Å². The number of carbonyl (C=O) groups excluding carboxylic acids is 2. The Kier molecular flexibility index (Phi) is 4.95. The number of rotatable bonds is 2. The Hall–Kier alpha value is -3.24. The van der Waals surface area contributed by atoms with Crippen LogP contribution in [0, 0.1) is 0 Å². The molecule has 0 atom stereocenters. The molecule has 0 radical (unpaired) electrons. The average molecular weight is 434 g/mol. The van der Waals surface area contributed by atoms with Crippen molar-refractivity contribution in [3.63, 3.8) is 0 Å². The van der Waals surface area contributed by atoms with Gasteiger partial charge in [-0.05, 0) is 30.3 Å². The summed E-state index contributed by atoms with van der Waals surface area (Å²) in [5.41, 5.74) is -4.05. The summed E-state index contributed by atoms with van der Waals surface area (Å²) in [7, 11) is 0. The first-order valence-corrected chi connectivity index (χ1v) is 8.24. The second kappa shape index (κ2) is 6.92. The molecule has 0 N–H and O–H groups in total. The molecule has 3 rings (SSSR count). The van der Waals surface area contributed by atoms with Crippen LogP contribution < -0.4 is 0 Å². The minimum absolute atomic E-state index is 0.00881. The van der Waals surface area contributed by atoms with E-state index < -0.39 is 52.3 Å². The molecule has 0 aliphatic carbocycles. The summed E-state index contributed by atoms with van der Waals surface area (Å²) in [4.78, 5) is 23.9. The van der Waals surface area contributed by atoms with E-state index in [0.717, 1.165) is 18.2 Å². The lowest BCUT2D eigenvalue weighted by Gasteiger charge is -2.29. The van der Waals surface area contributed by atoms with Gasteiger partial charge in [-0.1, -0.05) is 0 Å². The van der Waals surface area contributed by atoms with Crippen LogP contribution in [0.15, 0.2) is 40.3 Å². The summed E-state index contributed by atoms with van der Waals surface area (Å²) in [5, 5.41) is 0. The Labute approximate surface area is 164 Å². The average Bonchev–Trinajstić information content (AvgIpc) is 3.04. The molecule has 11 heteroatoms. The molecule has 2 heterocycles. The van der Waals surface area contributed by atoms with E-state index in [1.807, 2.05) is 0 Å². The molecule has 5 nitrogen and oxygen atoms in total. The number of cyclic esters (lactones) is 2. The van der Waals surface area contributed by atoms with E-state index >= 15 is 0 Å². The van der Waals surface area contributed by atoms with Gasteiger partial charge in [0, 0.05) is 25.5 Å². The van der Waals surface area contributed by atoms with Crippen molar-refractivity contribution in [1.82, 2.24) is 0 Å². The smallest absolute Gasteiger partial charge is 0.416 e. The van der Waals surface area contributed by atoms with Crippen molar-refractivity contribution in [3.05, 3.63) is 52.8 Å². The minimum Gasteiger partial charge on any atom is -0.457 e. The number of hydrogen-bond donors (Lipinski definition) is 0. The summed E-state index contributed by atoms with van der Waals surface area (Å²) in [6, 6.07) is 3.25. The summed E-state index contributed by atoms with van der Waals surface area (Å²) in [5.74, 6) is -4.04. The fourth-order valence-corrected chi connectivity index (χ4v) is 2.60. The van der Waals surface area contributed by atoms with Crippen molar-refractivity contribution >= 4 is 18.0 Å². The number of halogens is 6. The molecule has 1 fully saturated rings. The SMILES string of the molecule is CC1(C)OC(=O)C(=Cc2ccc(-c3cc(C(F)(F)F)cc(C(F)(F)F)c3)o2)C(=O)O1. The van der Waals surface area contributed by atoms with Gasteiger partial charge in [0.1, 0.15) is 17.1 Å². The first kappa shape index (κ1) is 21.5. The maximum Gasteiger partial charge on any atom is 0.416 e. The third-order valence-corrected chi connectivity index (χ3v) is 3.90. The van der Waals surface area contributed by atoms with Crippen LogP contribution in [0.25, 0.3) is 17.4 Å². The molecule has 0 saturated carbocycles. The molecule has 1 aromatic heterocycles. The Morgan fingerprint density at radius 1 is 0.833 bits per heavy atom. The first-order valence-electron chi connectivity index (χ1n) is 8.24. The molecule has 2 aromatic rings. The molecule has 1 aliphatic rings. The largest absolute Gasteiger partial charge is 0.457 e. The van der Waals surface area contributed by atoms with Gasteiger partial charge in [-0.2, -0.15) is 26.3 Å². The molecule has 0 spiro atoms. The van der Waals surface area contributed by atoms with Gasteiger partial charge in [-0.25, -0.2) is 9.59 Å². The van der Waals surface area contributed by atoms with Gasteiger partial charge >= 0.3 is 24.3 Å².